The Kier molecular flexibility index (Phi) is 4.52. The fourth-order valence-electron chi connectivity index (χ4n) is 2.22. The van der Waals surface area contributed by atoms with Gasteiger partial charge in [-0.2, -0.15) is 0 Å². The van der Waals surface area contributed by atoms with Crippen LogP contribution in [-0.2, 0) is 10.8 Å². The number of carboxylic acids is 1. The highest BCUT2D eigenvalue weighted by Crippen LogP contribution is 2.41. The van der Waals surface area contributed by atoms with E-state index in [0.717, 1.165) is 23.3 Å². The smallest absolute Gasteiger partial charge is 0.335 e. The molecule has 0 fully saturated rings. The molecular formula is C17H26O3. The summed E-state index contributed by atoms with van der Waals surface area (Å²) in [4.78, 5) is 11.4. The Morgan fingerprint density at radius 1 is 1.15 bits per heavy atom. The number of hydrogen-bond donors (Lipinski definition) is 1. The lowest BCUT2D eigenvalue weighted by Gasteiger charge is -2.31. The van der Waals surface area contributed by atoms with E-state index in [-0.39, 0.29) is 10.8 Å². The van der Waals surface area contributed by atoms with Crippen LogP contribution in [0.1, 0.15) is 69.4 Å². The van der Waals surface area contributed by atoms with Crippen molar-refractivity contribution in [1.29, 1.82) is 0 Å². The molecule has 0 unspecified atom stereocenters. The summed E-state index contributed by atoms with van der Waals surface area (Å²) < 4.78 is 5.63. The first-order valence-corrected chi connectivity index (χ1v) is 7.01. The maximum Gasteiger partial charge on any atom is 0.335 e. The van der Waals surface area contributed by atoms with Gasteiger partial charge in [0, 0.05) is 11.1 Å². The van der Waals surface area contributed by atoms with Gasteiger partial charge in [0.25, 0.3) is 0 Å². The Morgan fingerprint density at radius 3 is 2.00 bits per heavy atom. The molecule has 0 saturated carbocycles. The second kappa shape index (κ2) is 5.47. The normalized spacial score (nSPS) is 12.3. The van der Waals surface area contributed by atoms with Crippen LogP contribution in [0, 0.1) is 0 Å². The first kappa shape index (κ1) is 16.5. The lowest BCUT2D eigenvalue weighted by atomic mass is 9.76. The molecule has 0 aliphatic carbocycles. The summed E-state index contributed by atoms with van der Waals surface area (Å²) in [5.74, 6) is -0.0827. The van der Waals surface area contributed by atoms with Crippen molar-refractivity contribution in [1.82, 2.24) is 0 Å². The van der Waals surface area contributed by atoms with E-state index in [4.69, 9.17) is 4.74 Å². The van der Waals surface area contributed by atoms with E-state index in [9.17, 15) is 9.90 Å². The van der Waals surface area contributed by atoms with Gasteiger partial charge in [-0.05, 0) is 29.4 Å². The third kappa shape index (κ3) is 3.14. The van der Waals surface area contributed by atoms with Gasteiger partial charge in [-0.3, -0.25) is 0 Å². The van der Waals surface area contributed by atoms with Gasteiger partial charge in [0.2, 0.25) is 0 Å². The summed E-state index contributed by atoms with van der Waals surface area (Å²) in [6.07, 6.45) is 0.913. The Morgan fingerprint density at radius 2 is 1.65 bits per heavy atom. The van der Waals surface area contributed by atoms with Crippen molar-refractivity contribution in [2.45, 2.75) is 58.8 Å². The highest BCUT2D eigenvalue weighted by atomic mass is 16.5. The van der Waals surface area contributed by atoms with Gasteiger partial charge in [0.15, 0.2) is 0 Å². The lowest BCUT2D eigenvalue weighted by Crippen LogP contribution is -2.22. The number of hydrogen-bond acceptors (Lipinski definition) is 2. The number of carbonyl (C=O) groups is 1. The molecule has 0 saturated heterocycles. The summed E-state index contributed by atoms with van der Waals surface area (Å²) in [5, 5.41) is 9.36. The molecule has 112 valence electrons. The van der Waals surface area contributed by atoms with Gasteiger partial charge in [-0.15, -0.1) is 0 Å². The molecular weight excluding hydrogens is 252 g/mol. The van der Waals surface area contributed by atoms with Gasteiger partial charge < -0.3 is 9.84 Å². The summed E-state index contributed by atoms with van der Waals surface area (Å²) in [6, 6.07) is 3.48. The number of aromatic carboxylic acids is 1. The number of benzene rings is 1. The second-order valence-electron chi connectivity index (χ2n) is 6.90. The van der Waals surface area contributed by atoms with Crippen LogP contribution in [0.5, 0.6) is 5.75 Å². The molecule has 0 atom stereocenters. The molecule has 0 aromatic heterocycles. The van der Waals surface area contributed by atoms with E-state index < -0.39 is 5.97 Å². The van der Waals surface area contributed by atoms with Gasteiger partial charge in [0.1, 0.15) is 5.75 Å². The molecule has 0 amide bonds. The predicted octanol–water partition coefficient (Wildman–Crippen LogP) is 4.38. The standard InChI is InChI=1S/C17H26O3/c1-8-17(5,6)13-10-11(15(18)19)9-12(14(13)20-7)16(2,3)4/h9-10H,8H2,1-7H3,(H,18,19). The molecule has 0 heterocycles. The Labute approximate surface area is 122 Å². The summed E-state index contributed by atoms with van der Waals surface area (Å²) in [7, 11) is 1.65. The average Bonchev–Trinajstić information content (AvgIpc) is 2.35. The van der Waals surface area contributed by atoms with Gasteiger partial charge in [-0.1, -0.05) is 41.5 Å². The Balaban J connectivity index is 3.73. The van der Waals surface area contributed by atoms with Gasteiger partial charge in [-0.25, -0.2) is 4.79 Å². The van der Waals surface area contributed by atoms with Crippen molar-refractivity contribution in [3.8, 4) is 5.75 Å². The molecule has 1 rings (SSSR count). The van der Waals surface area contributed by atoms with E-state index in [1.807, 2.05) is 0 Å². The highest BCUT2D eigenvalue weighted by molar-refractivity contribution is 5.89. The van der Waals surface area contributed by atoms with E-state index in [1.54, 1.807) is 19.2 Å². The number of ether oxygens (including phenoxy) is 1. The average molecular weight is 278 g/mol. The summed E-state index contributed by atoms with van der Waals surface area (Å²) in [5.41, 5.74) is 1.93. The Hall–Kier alpha value is -1.51. The van der Waals surface area contributed by atoms with Crippen molar-refractivity contribution in [2.75, 3.05) is 7.11 Å². The number of methoxy groups -OCH3 is 1. The third-order valence-corrected chi connectivity index (χ3v) is 3.96. The zero-order valence-corrected chi connectivity index (χ0v) is 13.6. The SMILES string of the molecule is CCC(C)(C)c1cc(C(=O)O)cc(C(C)(C)C)c1OC. The maximum atomic E-state index is 11.4. The van der Waals surface area contributed by atoms with Crippen molar-refractivity contribution >= 4 is 5.97 Å². The topological polar surface area (TPSA) is 46.5 Å². The highest BCUT2D eigenvalue weighted by Gasteiger charge is 2.30. The largest absolute Gasteiger partial charge is 0.496 e. The Bertz CT molecular complexity index is 508. The van der Waals surface area contributed by atoms with Crippen LogP contribution < -0.4 is 4.74 Å². The molecule has 3 heteroatoms. The zero-order chi connectivity index (χ0) is 15.7. The first-order chi connectivity index (χ1) is 9.04. The molecule has 1 N–H and O–H groups in total. The van der Waals surface area contributed by atoms with Crippen molar-refractivity contribution in [3.63, 3.8) is 0 Å². The molecule has 0 spiro atoms. The van der Waals surface area contributed by atoms with E-state index in [0.29, 0.717) is 5.56 Å². The molecule has 1 aromatic rings. The minimum Gasteiger partial charge on any atom is -0.496 e. The van der Waals surface area contributed by atoms with Crippen molar-refractivity contribution in [2.24, 2.45) is 0 Å². The summed E-state index contributed by atoms with van der Waals surface area (Å²) >= 11 is 0. The lowest BCUT2D eigenvalue weighted by molar-refractivity contribution is 0.0696. The van der Waals surface area contributed by atoms with Crippen molar-refractivity contribution in [3.05, 3.63) is 28.8 Å². The molecule has 3 nitrogen and oxygen atoms in total. The van der Waals surface area contributed by atoms with Crippen LogP contribution in [0.3, 0.4) is 0 Å². The molecule has 0 aliphatic heterocycles. The van der Waals surface area contributed by atoms with E-state index in [2.05, 4.69) is 41.5 Å². The molecule has 0 aliphatic rings. The van der Waals surface area contributed by atoms with Crippen LogP contribution in [0.4, 0.5) is 0 Å². The van der Waals surface area contributed by atoms with Crippen LogP contribution in [0.2, 0.25) is 0 Å². The fourth-order valence-corrected chi connectivity index (χ4v) is 2.22. The molecule has 20 heavy (non-hydrogen) atoms. The van der Waals surface area contributed by atoms with Crippen LogP contribution >= 0.6 is 0 Å². The van der Waals surface area contributed by atoms with Crippen LogP contribution in [-0.4, -0.2) is 18.2 Å². The van der Waals surface area contributed by atoms with Gasteiger partial charge in [0.05, 0.1) is 12.7 Å². The molecule has 0 bridgehead atoms. The third-order valence-electron chi connectivity index (χ3n) is 3.96. The quantitative estimate of drug-likeness (QED) is 0.889. The minimum atomic E-state index is -0.897. The zero-order valence-electron chi connectivity index (χ0n) is 13.6. The molecule has 1 aromatic carbocycles. The molecule has 0 radical (unpaired) electrons. The first-order valence-electron chi connectivity index (χ1n) is 7.01. The fraction of sp³-hybridized carbons (Fsp3) is 0.588. The van der Waals surface area contributed by atoms with Gasteiger partial charge >= 0.3 is 5.97 Å². The van der Waals surface area contributed by atoms with E-state index in [1.165, 1.54) is 0 Å². The second-order valence-corrected chi connectivity index (χ2v) is 6.90. The van der Waals surface area contributed by atoms with Crippen LogP contribution in [0.15, 0.2) is 12.1 Å². The van der Waals surface area contributed by atoms with Crippen LogP contribution in [0.25, 0.3) is 0 Å². The minimum absolute atomic E-state index is 0.128. The number of rotatable bonds is 4. The monoisotopic (exact) mass is 278 g/mol. The summed E-state index contributed by atoms with van der Waals surface area (Å²) in [6.45, 7) is 12.5. The maximum absolute atomic E-state index is 11.4. The predicted molar refractivity (Wildman–Crippen MR) is 82.0 cm³/mol. The van der Waals surface area contributed by atoms with Crippen molar-refractivity contribution < 1.29 is 14.6 Å². The van der Waals surface area contributed by atoms with E-state index >= 15 is 0 Å². The number of carboxylic acid groups (broad SMARTS) is 1.